The molecule has 2 N–H and O–H groups in total. The molecule has 3 rings (SSSR count). The van der Waals surface area contributed by atoms with E-state index in [1.54, 1.807) is 12.5 Å². The molecular formula is C14H23N7. The molecule has 0 spiro atoms. The third-order valence-corrected chi connectivity index (χ3v) is 3.81. The van der Waals surface area contributed by atoms with E-state index in [1.165, 1.54) is 0 Å². The van der Waals surface area contributed by atoms with Crippen LogP contribution in [0.4, 0.5) is 5.82 Å². The molecule has 0 amide bonds. The molecule has 114 valence electrons. The van der Waals surface area contributed by atoms with Gasteiger partial charge in [-0.3, -0.25) is 9.30 Å². The molecule has 2 aromatic rings. The quantitative estimate of drug-likeness (QED) is 0.880. The number of hydrogen-bond acceptors (Lipinski definition) is 6. The van der Waals surface area contributed by atoms with E-state index >= 15 is 0 Å². The Morgan fingerprint density at radius 2 is 2.19 bits per heavy atom. The summed E-state index contributed by atoms with van der Waals surface area (Å²) < 4.78 is 1.91. The van der Waals surface area contributed by atoms with Crippen LogP contribution in [0, 0.1) is 0 Å². The Hall–Kier alpha value is -1.73. The van der Waals surface area contributed by atoms with Crippen LogP contribution in [0.15, 0.2) is 18.7 Å². The number of piperazine rings is 1. The highest BCUT2D eigenvalue weighted by Gasteiger charge is 2.28. The second-order valence-electron chi connectivity index (χ2n) is 6.58. The largest absolute Gasteiger partial charge is 0.348 e. The molecule has 7 nitrogen and oxygen atoms in total. The molecule has 1 aliphatic heterocycles. The van der Waals surface area contributed by atoms with Crippen LogP contribution in [0.3, 0.4) is 0 Å². The molecular weight excluding hydrogens is 266 g/mol. The van der Waals surface area contributed by atoms with Crippen molar-refractivity contribution in [2.75, 3.05) is 31.1 Å². The van der Waals surface area contributed by atoms with Crippen molar-refractivity contribution < 1.29 is 0 Å². The van der Waals surface area contributed by atoms with Crippen LogP contribution in [0.25, 0.3) is 5.65 Å². The van der Waals surface area contributed by atoms with Crippen LogP contribution in [-0.2, 0) is 0 Å². The molecule has 0 saturated carbocycles. The van der Waals surface area contributed by atoms with E-state index in [1.807, 2.05) is 10.6 Å². The van der Waals surface area contributed by atoms with E-state index in [0.29, 0.717) is 6.04 Å². The highest BCUT2D eigenvalue weighted by Crippen LogP contribution is 2.22. The summed E-state index contributed by atoms with van der Waals surface area (Å²) in [4.78, 5) is 9.24. The first-order valence-corrected chi connectivity index (χ1v) is 7.36. The summed E-state index contributed by atoms with van der Waals surface area (Å²) in [6.07, 6.45) is 5.38. The highest BCUT2D eigenvalue weighted by molar-refractivity contribution is 5.63. The summed E-state index contributed by atoms with van der Waals surface area (Å²) in [7, 11) is 0. The molecule has 3 heterocycles. The van der Waals surface area contributed by atoms with Crippen molar-refractivity contribution >= 4 is 11.5 Å². The van der Waals surface area contributed by atoms with Crippen molar-refractivity contribution in [1.29, 1.82) is 0 Å². The Balaban J connectivity index is 1.78. The van der Waals surface area contributed by atoms with Crippen molar-refractivity contribution in [1.82, 2.24) is 24.5 Å². The normalized spacial score (nSPS) is 21.1. The third kappa shape index (κ3) is 2.98. The van der Waals surface area contributed by atoms with Gasteiger partial charge >= 0.3 is 0 Å². The van der Waals surface area contributed by atoms with E-state index in [2.05, 4.69) is 45.8 Å². The molecule has 2 aromatic heterocycles. The van der Waals surface area contributed by atoms with Gasteiger partial charge in [-0.2, -0.15) is 0 Å². The summed E-state index contributed by atoms with van der Waals surface area (Å²) in [5, 5.41) is 8.15. The molecule has 7 heteroatoms. The van der Waals surface area contributed by atoms with Gasteiger partial charge in [0.2, 0.25) is 5.65 Å². The summed E-state index contributed by atoms with van der Waals surface area (Å²) in [6, 6.07) is 0.372. The average molecular weight is 289 g/mol. The predicted molar refractivity (Wildman–Crippen MR) is 82.3 cm³/mol. The summed E-state index contributed by atoms with van der Waals surface area (Å²) in [6.45, 7) is 10.2. The fourth-order valence-electron chi connectivity index (χ4n) is 3.02. The minimum absolute atomic E-state index is 0.160. The summed E-state index contributed by atoms with van der Waals surface area (Å²) >= 11 is 0. The molecule has 1 atom stereocenters. The lowest BCUT2D eigenvalue weighted by Gasteiger charge is -2.42. The van der Waals surface area contributed by atoms with E-state index in [4.69, 9.17) is 5.73 Å². The molecule has 0 aromatic carbocycles. The van der Waals surface area contributed by atoms with Crippen LogP contribution >= 0.6 is 0 Å². The van der Waals surface area contributed by atoms with Gasteiger partial charge in [0.15, 0.2) is 5.82 Å². The Labute approximate surface area is 124 Å². The van der Waals surface area contributed by atoms with Crippen molar-refractivity contribution in [3.05, 3.63) is 18.7 Å². The van der Waals surface area contributed by atoms with Gasteiger partial charge in [0.25, 0.3) is 0 Å². The lowest BCUT2D eigenvalue weighted by molar-refractivity contribution is 0.192. The Bertz CT molecular complexity index is 615. The number of anilines is 1. The second-order valence-corrected chi connectivity index (χ2v) is 6.58. The lowest BCUT2D eigenvalue weighted by Crippen LogP contribution is -2.56. The SMILES string of the molecule is CC1CN(CC(C)(C)N)CCN1c1nccn2cnnc12. The van der Waals surface area contributed by atoms with E-state index in [-0.39, 0.29) is 5.54 Å². The number of nitrogens with two attached hydrogens (primary N) is 1. The molecule has 1 saturated heterocycles. The minimum atomic E-state index is -0.160. The molecule has 21 heavy (non-hydrogen) atoms. The molecule has 1 fully saturated rings. The first-order valence-electron chi connectivity index (χ1n) is 7.36. The summed E-state index contributed by atoms with van der Waals surface area (Å²) in [5.41, 5.74) is 6.79. The van der Waals surface area contributed by atoms with E-state index in [0.717, 1.165) is 37.6 Å². The second kappa shape index (κ2) is 5.23. The maximum Gasteiger partial charge on any atom is 0.203 e. The van der Waals surface area contributed by atoms with Gasteiger partial charge in [0, 0.05) is 50.2 Å². The van der Waals surface area contributed by atoms with Crippen LogP contribution in [-0.4, -0.2) is 62.2 Å². The molecule has 0 bridgehead atoms. The van der Waals surface area contributed by atoms with Crippen LogP contribution in [0.5, 0.6) is 0 Å². The van der Waals surface area contributed by atoms with Crippen LogP contribution in [0.1, 0.15) is 20.8 Å². The fraction of sp³-hybridized carbons (Fsp3) is 0.643. The van der Waals surface area contributed by atoms with Crippen LogP contribution in [0.2, 0.25) is 0 Å². The molecule has 0 aliphatic carbocycles. The Morgan fingerprint density at radius 3 is 2.90 bits per heavy atom. The number of hydrogen-bond donors (Lipinski definition) is 1. The summed E-state index contributed by atoms with van der Waals surface area (Å²) in [5.74, 6) is 0.911. The Kier molecular flexibility index (Phi) is 3.54. The Morgan fingerprint density at radius 1 is 1.38 bits per heavy atom. The van der Waals surface area contributed by atoms with Crippen molar-refractivity contribution in [2.45, 2.75) is 32.4 Å². The lowest BCUT2D eigenvalue weighted by atomic mass is 10.1. The van der Waals surface area contributed by atoms with E-state index in [9.17, 15) is 0 Å². The van der Waals surface area contributed by atoms with E-state index < -0.39 is 0 Å². The minimum Gasteiger partial charge on any atom is -0.348 e. The van der Waals surface area contributed by atoms with Gasteiger partial charge in [0.05, 0.1) is 0 Å². The molecule has 1 aliphatic rings. The van der Waals surface area contributed by atoms with Crippen molar-refractivity contribution in [2.24, 2.45) is 5.73 Å². The van der Waals surface area contributed by atoms with Gasteiger partial charge in [0.1, 0.15) is 6.33 Å². The maximum absolute atomic E-state index is 6.13. The topological polar surface area (TPSA) is 75.6 Å². The highest BCUT2D eigenvalue weighted by atomic mass is 15.3. The standard InChI is InChI=1S/C14H23N7/c1-11-8-19(9-14(2,3)15)6-7-21(11)12-13-18-17-10-20(13)5-4-16-12/h4-5,10-11H,6-9,15H2,1-3H3. The first kappa shape index (κ1) is 14.2. The van der Waals surface area contributed by atoms with Gasteiger partial charge in [-0.25, -0.2) is 4.98 Å². The predicted octanol–water partition coefficient (Wildman–Crippen LogP) is 0.372. The van der Waals surface area contributed by atoms with Gasteiger partial charge in [-0.15, -0.1) is 10.2 Å². The fourth-order valence-corrected chi connectivity index (χ4v) is 3.02. The number of aromatic nitrogens is 4. The van der Waals surface area contributed by atoms with Gasteiger partial charge < -0.3 is 10.6 Å². The van der Waals surface area contributed by atoms with Crippen molar-refractivity contribution in [3.63, 3.8) is 0 Å². The van der Waals surface area contributed by atoms with Gasteiger partial charge in [-0.1, -0.05) is 0 Å². The van der Waals surface area contributed by atoms with Gasteiger partial charge in [-0.05, 0) is 20.8 Å². The zero-order valence-corrected chi connectivity index (χ0v) is 12.9. The third-order valence-electron chi connectivity index (χ3n) is 3.81. The first-order chi connectivity index (χ1) is 9.94. The van der Waals surface area contributed by atoms with Crippen molar-refractivity contribution in [3.8, 4) is 0 Å². The molecule has 1 unspecified atom stereocenters. The van der Waals surface area contributed by atoms with Crippen LogP contribution < -0.4 is 10.6 Å². The monoisotopic (exact) mass is 289 g/mol. The zero-order chi connectivity index (χ0) is 15.0. The maximum atomic E-state index is 6.13. The number of nitrogens with zero attached hydrogens (tertiary/aromatic N) is 6. The molecule has 0 radical (unpaired) electrons. The smallest absolute Gasteiger partial charge is 0.203 e. The average Bonchev–Trinajstić information content (AvgIpc) is 2.85. The number of fused-ring (bicyclic) bond motifs is 1. The number of rotatable bonds is 3. The zero-order valence-electron chi connectivity index (χ0n) is 12.9.